The molecule has 2 aliphatic rings. The molecule has 0 unspecified atom stereocenters. The SMILES string of the molecule is C=CCN1C(=O)N[C@H](c2ccc(Cl)cc2Cl)C(C(=O)OCC)=C1CN1CCN(C(=O)C(C)C)CC1. The number of hydrogen-bond acceptors (Lipinski definition) is 5. The lowest BCUT2D eigenvalue weighted by atomic mass is 9.94. The number of nitrogens with one attached hydrogen (secondary N) is 1. The molecule has 0 spiro atoms. The molecule has 2 aliphatic heterocycles. The highest BCUT2D eigenvalue weighted by Gasteiger charge is 2.39. The number of esters is 1. The average molecular weight is 523 g/mol. The molecular formula is C25H32Cl2N4O4. The smallest absolute Gasteiger partial charge is 0.338 e. The molecule has 1 saturated heterocycles. The van der Waals surface area contributed by atoms with Gasteiger partial charge in [-0.05, 0) is 24.6 Å². The van der Waals surface area contributed by atoms with Crippen LogP contribution in [0.15, 0.2) is 42.1 Å². The van der Waals surface area contributed by atoms with Crippen LogP contribution < -0.4 is 5.32 Å². The minimum atomic E-state index is -0.800. The molecule has 0 radical (unpaired) electrons. The second kappa shape index (κ2) is 11.9. The fourth-order valence-electron chi connectivity index (χ4n) is 4.32. The maximum atomic E-state index is 13.3. The van der Waals surface area contributed by atoms with E-state index in [2.05, 4.69) is 16.8 Å². The molecule has 1 aromatic rings. The van der Waals surface area contributed by atoms with Crippen molar-refractivity contribution in [3.05, 3.63) is 57.7 Å². The van der Waals surface area contributed by atoms with Crippen molar-refractivity contribution >= 4 is 41.1 Å². The molecule has 0 aromatic heterocycles. The first-order valence-corrected chi connectivity index (χ1v) is 12.5. The zero-order valence-electron chi connectivity index (χ0n) is 20.4. The zero-order chi connectivity index (χ0) is 25.7. The number of amides is 3. The number of urea groups is 1. The minimum absolute atomic E-state index is 0.0605. The number of hydrogen-bond donors (Lipinski definition) is 1. The third kappa shape index (κ3) is 6.18. The molecule has 190 valence electrons. The molecule has 1 aromatic carbocycles. The Hall–Kier alpha value is -2.55. The van der Waals surface area contributed by atoms with Gasteiger partial charge in [0.2, 0.25) is 5.91 Å². The van der Waals surface area contributed by atoms with Gasteiger partial charge >= 0.3 is 12.0 Å². The van der Waals surface area contributed by atoms with Crippen LogP contribution in [0.5, 0.6) is 0 Å². The van der Waals surface area contributed by atoms with Gasteiger partial charge in [0, 0.05) is 60.9 Å². The van der Waals surface area contributed by atoms with Crippen LogP contribution in [0.4, 0.5) is 4.79 Å². The Kier molecular flexibility index (Phi) is 9.21. The van der Waals surface area contributed by atoms with Crippen molar-refractivity contribution in [3.8, 4) is 0 Å². The van der Waals surface area contributed by atoms with Gasteiger partial charge in [0.05, 0.1) is 18.2 Å². The highest BCUT2D eigenvalue weighted by Crippen LogP contribution is 2.36. The van der Waals surface area contributed by atoms with Gasteiger partial charge in [0.25, 0.3) is 0 Å². The van der Waals surface area contributed by atoms with Crippen LogP contribution in [0.3, 0.4) is 0 Å². The molecule has 1 fully saturated rings. The Morgan fingerprint density at radius 2 is 1.91 bits per heavy atom. The van der Waals surface area contributed by atoms with Crippen molar-refractivity contribution in [2.45, 2.75) is 26.8 Å². The van der Waals surface area contributed by atoms with Crippen LogP contribution in [-0.4, -0.2) is 78.5 Å². The largest absolute Gasteiger partial charge is 0.463 e. The second-order valence-electron chi connectivity index (χ2n) is 8.78. The van der Waals surface area contributed by atoms with Gasteiger partial charge < -0.3 is 15.0 Å². The fraction of sp³-hybridized carbons (Fsp3) is 0.480. The van der Waals surface area contributed by atoms with Gasteiger partial charge in [-0.25, -0.2) is 9.59 Å². The quantitative estimate of drug-likeness (QED) is 0.414. The number of carbonyl (C=O) groups excluding carboxylic acids is 3. The lowest BCUT2D eigenvalue weighted by Gasteiger charge is -2.40. The van der Waals surface area contributed by atoms with E-state index >= 15 is 0 Å². The molecule has 0 saturated carbocycles. The summed E-state index contributed by atoms with van der Waals surface area (Å²) in [5.74, 6) is -0.463. The summed E-state index contributed by atoms with van der Waals surface area (Å²) >= 11 is 12.6. The third-order valence-corrected chi connectivity index (χ3v) is 6.63. The van der Waals surface area contributed by atoms with E-state index in [1.807, 2.05) is 18.7 Å². The Bertz CT molecular complexity index is 1020. The number of nitrogens with zero attached hydrogens (tertiary/aromatic N) is 3. The van der Waals surface area contributed by atoms with Crippen LogP contribution >= 0.6 is 23.2 Å². The van der Waals surface area contributed by atoms with Crippen molar-refractivity contribution in [1.82, 2.24) is 20.0 Å². The van der Waals surface area contributed by atoms with E-state index in [1.54, 1.807) is 31.2 Å². The van der Waals surface area contributed by atoms with E-state index in [0.717, 1.165) is 0 Å². The molecule has 3 amide bonds. The second-order valence-corrected chi connectivity index (χ2v) is 9.63. The first kappa shape index (κ1) is 27.0. The molecule has 10 heteroatoms. The number of piperazine rings is 1. The Labute approximate surface area is 216 Å². The van der Waals surface area contributed by atoms with Crippen molar-refractivity contribution in [3.63, 3.8) is 0 Å². The molecule has 1 N–H and O–H groups in total. The highest BCUT2D eigenvalue weighted by molar-refractivity contribution is 6.35. The molecule has 0 bridgehead atoms. The third-order valence-electron chi connectivity index (χ3n) is 6.07. The summed E-state index contributed by atoms with van der Waals surface area (Å²) in [6.07, 6.45) is 1.61. The van der Waals surface area contributed by atoms with Crippen LogP contribution in [0.2, 0.25) is 10.0 Å². The first-order chi connectivity index (χ1) is 16.7. The summed E-state index contributed by atoms with van der Waals surface area (Å²) in [4.78, 5) is 44.3. The minimum Gasteiger partial charge on any atom is -0.463 e. The van der Waals surface area contributed by atoms with Gasteiger partial charge in [-0.2, -0.15) is 0 Å². The van der Waals surface area contributed by atoms with Crippen LogP contribution in [0.1, 0.15) is 32.4 Å². The first-order valence-electron chi connectivity index (χ1n) is 11.7. The number of ether oxygens (including phenoxy) is 1. The molecule has 35 heavy (non-hydrogen) atoms. The topological polar surface area (TPSA) is 82.2 Å². The van der Waals surface area contributed by atoms with Gasteiger partial charge in [0.15, 0.2) is 0 Å². The Morgan fingerprint density at radius 3 is 2.49 bits per heavy atom. The number of benzene rings is 1. The number of halogens is 2. The van der Waals surface area contributed by atoms with Gasteiger partial charge in [0.1, 0.15) is 0 Å². The van der Waals surface area contributed by atoms with Crippen molar-refractivity contribution in [1.29, 1.82) is 0 Å². The van der Waals surface area contributed by atoms with Crippen molar-refractivity contribution < 1.29 is 19.1 Å². The molecule has 0 aliphatic carbocycles. The van der Waals surface area contributed by atoms with E-state index < -0.39 is 12.0 Å². The monoisotopic (exact) mass is 522 g/mol. The van der Waals surface area contributed by atoms with E-state index in [0.29, 0.717) is 59.6 Å². The standard InChI is InChI=1S/C25H32Cl2N4O4/c1-5-9-31-20(15-29-10-12-30(13-11-29)23(32)16(3)4)21(24(33)35-6-2)22(28-25(31)34)18-8-7-17(26)14-19(18)27/h5,7-8,14,16,22H,1,6,9-13,15H2,2-4H3,(H,28,34)/t22-/m1/s1. The summed E-state index contributed by atoms with van der Waals surface area (Å²) in [7, 11) is 0. The fourth-order valence-corrected chi connectivity index (χ4v) is 4.84. The molecule has 8 nitrogen and oxygen atoms in total. The lowest BCUT2D eigenvalue weighted by molar-refractivity contribution is -0.139. The molecule has 2 heterocycles. The summed E-state index contributed by atoms with van der Waals surface area (Å²) in [6.45, 7) is 12.4. The normalized spacial score (nSPS) is 19.1. The predicted molar refractivity (Wildman–Crippen MR) is 136 cm³/mol. The highest BCUT2D eigenvalue weighted by atomic mass is 35.5. The van der Waals surface area contributed by atoms with Crippen molar-refractivity contribution in [2.75, 3.05) is 45.9 Å². The summed E-state index contributed by atoms with van der Waals surface area (Å²) in [5, 5.41) is 3.68. The number of carbonyl (C=O) groups is 3. The Balaban J connectivity index is 2.01. The zero-order valence-corrected chi connectivity index (χ0v) is 21.9. The van der Waals surface area contributed by atoms with Gasteiger partial charge in [-0.15, -0.1) is 6.58 Å². The van der Waals surface area contributed by atoms with Crippen LogP contribution in [0, 0.1) is 5.92 Å². The summed E-state index contributed by atoms with van der Waals surface area (Å²) in [5.41, 5.74) is 1.40. The maximum absolute atomic E-state index is 13.3. The molecule has 1 atom stereocenters. The van der Waals surface area contributed by atoms with E-state index in [-0.39, 0.29) is 31.0 Å². The maximum Gasteiger partial charge on any atom is 0.338 e. The van der Waals surface area contributed by atoms with E-state index in [9.17, 15) is 14.4 Å². The summed E-state index contributed by atoms with van der Waals surface area (Å²) < 4.78 is 5.41. The number of rotatable bonds is 8. The van der Waals surface area contributed by atoms with Crippen LogP contribution in [-0.2, 0) is 14.3 Å². The van der Waals surface area contributed by atoms with Gasteiger partial charge in [-0.1, -0.05) is 49.2 Å². The lowest BCUT2D eigenvalue weighted by Crippen LogP contribution is -2.54. The Morgan fingerprint density at radius 1 is 1.23 bits per heavy atom. The predicted octanol–water partition coefficient (Wildman–Crippen LogP) is 3.86. The van der Waals surface area contributed by atoms with E-state index in [1.165, 1.54) is 4.90 Å². The van der Waals surface area contributed by atoms with Crippen molar-refractivity contribution in [2.24, 2.45) is 5.92 Å². The van der Waals surface area contributed by atoms with Crippen LogP contribution in [0.25, 0.3) is 0 Å². The van der Waals surface area contributed by atoms with E-state index in [4.69, 9.17) is 27.9 Å². The molecule has 3 rings (SSSR count). The summed E-state index contributed by atoms with van der Waals surface area (Å²) in [6, 6.07) is 3.78. The molecular weight excluding hydrogens is 491 g/mol. The van der Waals surface area contributed by atoms with Gasteiger partial charge in [-0.3, -0.25) is 14.6 Å². The average Bonchev–Trinajstić information content (AvgIpc) is 2.81.